The van der Waals surface area contributed by atoms with E-state index in [-0.39, 0.29) is 11.8 Å². The third-order valence-corrected chi connectivity index (χ3v) is 5.05. The molecule has 6 nitrogen and oxygen atoms in total. The van der Waals surface area contributed by atoms with Crippen molar-refractivity contribution in [1.29, 1.82) is 0 Å². The second kappa shape index (κ2) is 7.14. The predicted molar refractivity (Wildman–Crippen MR) is 96.8 cm³/mol. The van der Waals surface area contributed by atoms with Gasteiger partial charge in [0, 0.05) is 30.1 Å². The SMILES string of the molecule is O=C(NCc1nc(N2CCCC2)c2cc(Cl)ccc2n1)C1CCOC1. The Morgan fingerprint density at radius 3 is 2.92 bits per heavy atom. The van der Waals surface area contributed by atoms with E-state index in [1.165, 1.54) is 12.8 Å². The van der Waals surface area contributed by atoms with Crippen LogP contribution in [0.1, 0.15) is 25.1 Å². The molecule has 25 heavy (non-hydrogen) atoms. The molecule has 0 radical (unpaired) electrons. The molecule has 0 bridgehead atoms. The molecule has 3 heterocycles. The molecular formula is C18H21ClN4O2. The highest BCUT2D eigenvalue weighted by atomic mass is 35.5. The molecule has 1 N–H and O–H groups in total. The molecule has 132 valence electrons. The van der Waals surface area contributed by atoms with E-state index in [0.29, 0.717) is 30.6 Å². The summed E-state index contributed by atoms with van der Waals surface area (Å²) >= 11 is 6.17. The number of ether oxygens (including phenoxy) is 1. The number of nitrogens with one attached hydrogen (secondary N) is 1. The molecule has 0 spiro atoms. The van der Waals surface area contributed by atoms with Crippen LogP contribution in [0.3, 0.4) is 0 Å². The first-order valence-corrected chi connectivity index (χ1v) is 9.15. The van der Waals surface area contributed by atoms with Gasteiger partial charge in [0.05, 0.1) is 24.6 Å². The van der Waals surface area contributed by atoms with E-state index in [2.05, 4.69) is 15.2 Å². The lowest BCUT2D eigenvalue weighted by atomic mass is 10.1. The molecule has 1 atom stereocenters. The fourth-order valence-electron chi connectivity index (χ4n) is 3.43. The van der Waals surface area contributed by atoms with E-state index in [9.17, 15) is 4.79 Å². The highest BCUT2D eigenvalue weighted by molar-refractivity contribution is 6.31. The Morgan fingerprint density at radius 2 is 2.16 bits per heavy atom. The van der Waals surface area contributed by atoms with Crippen molar-refractivity contribution in [3.8, 4) is 0 Å². The minimum atomic E-state index is -0.0580. The number of carbonyl (C=O) groups is 1. The van der Waals surface area contributed by atoms with Gasteiger partial charge in [0.1, 0.15) is 5.82 Å². The molecule has 1 amide bonds. The number of rotatable bonds is 4. The van der Waals surface area contributed by atoms with Gasteiger partial charge in [-0.3, -0.25) is 4.79 Å². The fourth-order valence-corrected chi connectivity index (χ4v) is 3.60. The fraction of sp³-hybridized carbons (Fsp3) is 0.500. The summed E-state index contributed by atoms with van der Waals surface area (Å²) < 4.78 is 5.27. The van der Waals surface area contributed by atoms with E-state index < -0.39 is 0 Å². The molecule has 2 aliphatic heterocycles. The number of nitrogens with zero attached hydrogens (tertiary/aromatic N) is 3. The first kappa shape index (κ1) is 16.5. The Hall–Kier alpha value is -1.92. The first-order valence-electron chi connectivity index (χ1n) is 8.77. The quantitative estimate of drug-likeness (QED) is 0.907. The number of carbonyl (C=O) groups excluding carboxylic acids is 1. The van der Waals surface area contributed by atoms with Gasteiger partial charge in [0.15, 0.2) is 5.82 Å². The Bertz CT molecular complexity index is 786. The molecule has 1 unspecified atom stereocenters. The van der Waals surface area contributed by atoms with Crippen molar-refractivity contribution in [3.63, 3.8) is 0 Å². The van der Waals surface area contributed by atoms with E-state index in [1.54, 1.807) is 0 Å². The van der Waals surface area contributed by atoms with Gasteiger partial charge in [-0.05, 0) is 37.5 Å². The van der Waals surface area contributed by atoms with Crippen molar-refractivity contribution in [2.75, 3.05) is 31.2 Å². The number of aromatic nitrogens is 2. The number of fused-ring (bicyclic) bond motifs is 1. The topological polar surface area (TPSA) is 67.4 Å². The van der Waals surface area contributed by atoms with Crippen LogP contribution >= 0.6 is 11.6 Å². The first-order chi connectivity index (χ1) is 12.2. The molecule has 1 aromatic carbocycles. The van der Waals surface area contributed by atoms with E-state index in [1.807, 2.05) is 18.2 Å². The zero-order valence-corrected chi connectivity index (χ0v) is 14.8. The van der Waals surface area contributed by atoms with Crippen LogP contribution in [0.15, 0.2) is 18.2 Å². The largest absolute Gasteiger partial charge is 0.381 e. The van der Waals surface area contributed by atoms with Gasteiger partial charge in [-0.25, -0.2) is 9.97 Å². The van der Waals surface area contributed by atoms with E-state index >= 15 is 0 Å². The van der Waals surface area contributed by atoms with Crippen molar-refractivity contribution in [1.82, 2.24) is 15.3 Å². The van der Waals surface area contributed by atoms with Gasteiger partial charge < -0.3 is 15.0 Å². The van der Waals surface area contributed by atoms with Crippen LogP contribution in [0.5, 0.6) is 0 Å². The lowest BCUT2D eigenvalue weighted by Crippen LogP contribution is -2.31. The van der Waals surface area contributed by atoms with E-state index in [0.717, 1.165) is 36.2 Å². The molecule has 4 rings (SSSR count). The van der Waals surface area contributed by atoms with E-state index in [4.69, 9.17) is 21.3 Å². The Labute approximate surface area is 151 Å². The van der Waals surface area contributed by atoms with Crippen molar-refractivity contribution < 1.29 is 9.53 Å². The van der Waals surface area contributed by atoms with Gasteiger partial charge >= 0.3 is 0 Å². The summed E-state index contributed by atoms with van der Waals surface area (Å²) in [6.07, 6.45) is 3.11. The second-order valence-corrected chi connectivity index (χ2v) is 7.03. The smallest absolute Gasteiger partial charge is 0.225 e. The van der Waals surface area contributed by atoms with Gasteiger partial charge in [-0.1, -0.05) is 11.6 Å². The van der Waals surface area contributed by atoms with Crippen molar-refractivity contribution in [2.45, 2.75) is 25.8 Å². The third-order valence-electron chi connectivity index (χ3n) is 4.81. The highest BCUT2D eigenvalue weighted by Gasteiger charge is 2.24. The van der Waals surface area contributed by atoms with Crippen LogP contribution in [0.25, 0.3) is 10.9 Å². The number of hydrogen-bond donors (Lipinski definition) is 1. The van der Waals surface area contributed by atoms with Crippen LogP contribution in [-0.4, -0.2) is 42.2 Å². The average Bonchev–Trinajstić information content (AvgIpc) is 3.32. The standard InChI is InChI=1S/C18H21ClN4O2/c19-13-3-4-15-14(9-13)17(23-6-1-2-7-23)22-16(21-15)10-20-18(24)12-5-8-25-11-12/h3-4,9,12H,1-2,5-8,10-11H2,(H,20,24). The van der Waals surface area contributed by atoms with Gasteiger partial charge in [0.25, 0.3) is 0 Å². The van der Waals surface area contributed by atoms with Gasteiger partial charge in [-0.2, -0.15) is 0 Å². The normalized spacial score (nSPS) is 20.4. The number of amides is 1. The van der Waals surface area contributed by atoms with Crippen molar-refractivity contribution in [3.05, 3.63) is 29.0 Å². The molecule has 1 aromatic heterocycles. The van der Waals surface area contributed by atoms with Crippen molar-refractivity contribution >= 4 is 34.2 Å². The predicted octanol–water partition coefficient (Wildman–Crippen LogP) is 2.54. The zero-order valence-electron chi connectivity index (χ0n) is 14.0. The van der Waals surface area contributed by atoms with Crippen LogP contribution in [0.2, 0.25) is 5.02 Å². The molecule has 0 aliphatic carbocycles. The molecule has 2 aromatic rings. The summed E-state index contributed by atoms with van der Waals surface area (Å²) in [5, 5.41) is 4.59. The zero-order chi connectivity index (χ0) is 17.2. The maximum atomic E-state index is 12.2. The number of benzene rings is 1. The average molecular weight is 361 g/mol. The lowest BCUT2D eigenvalue weighted by molar-refractivity contribution is -0.125. The Balaban J connectivity index is 1.60. The maximum Gasteiger partial charge on any atom is 0.225 e. The molecule has 0 saturated carbocycles. The van der Waals surface area contributed by atoms with Gasteiger partial charge in [-0.15, -0.1) is 0 Å². The summed E-state index contributed by atoms with van der Waals surface area (Å²) in [5.41, 5.74) is 0.856. The minimum absolute atomic E-state index is 0.0139. The summed E-state index contributed by atoms with van der Waals surface area (Å²) in [6, 6.07) is 5.67. The molecule has 2 fully saturated rings. The lowest BCUT2D eigenvalue weighted by Gasteiger charge is -2.19. The number of anilines is 1. The minimum Gasteiger partial charge on any atom is -0.381 e. The highest BCUT2D eigenvalue weighted by Crippen LogP contribution is 2.29. The number of hydrogen-bond acceptors (Lipinski definition) is 5. The molecule has 2 aliphatic rings. The Kier molecular flexibility index (Phi) is 4.72. The van der Waals surface area contributed by atoms with Crippen LogP contribution in [0.4, 0.5) is 5.82 Å². The summed E-state index contributed by atoms with van der Waals surface area (Å²) in [5.74, 6) is 1.50. The van der Waals surface area contributed by atoms with Gasteiger partial charge in [0.2, 0.25) is 5.91 Å². The third kappa shape index (κ3) is 3.55. The second-order valence-electron chi connectivity index (χ2n) is 6.60. The molecule has 7 heteroatoms. The number of halogens is 1. The van der Waals surface area contributed by atoms with Crippen molar-refractivity contribution in [2.24, 2.45) is 5.92 Å². The maximum absolute atomic E-state index is 12.2. The van der Waals surface area contributed by atoms with Crippen LogP contribution in [-0.2, 0) is 16.1 Å². The summed E-state index contributed by atoms with van der Waals surface area (Å²) in [4.78, 5) is 23.8. The molecular weight excluding hydrogens is 340 g/mol. The Morgan fingerprint density at radius 1 is 1.32 bits per heavy atom. The van der Waals surface area contributed by atoms with Crippen LogP contribution in [0, 0.1) is 5.92 Å². The monoisotopic (exact) mass is 360 g/mol. The summed E-state index contributed by atoms with van der Waals surface area (Å²) in [7, 11) is 0. The summed E-state index contributed by atoms with van der Waals surface area (Å²) in [6.45, 7) is 3.47. The van der Waals surface area contributed by atoms with Crippen LogP contribution < -0.4 is 10.2 Å². The molecule has 2 saturated heterocycles.